The minimum absolute atomic E-state index is 0.0702. The maximum atomic E-state index is 13.7. The number of likely N-dealkylation sites (N-methyl/N-ethyl adjacent to an activating group) is 1. The Labute approximate surface area is 117 Å². The summed E-state index contributed by atoms with van der Waals surface area (Å²) >= 11 is 0. The van der Waals surface area contributed by atoms with Crippen LogP contribution in [0.3, 0.4) is 0 Å². The highest BCUT2D eigenvalue weighted by atomic mass is 19.1. The molecule has 5 heteroatoms. The standard InChI is InChI=1S/C15H17F2N3/c1-3-18-14(15-9-19-10(2)8-20-15)7-11-12(16)5-4-6-13(11)17/h4-6,8-9,14,18H,3,7H2,1-2H3. The first kappa shape index (κ1) is 14.5. The molecule has 0 aliphatic rings. The number of nitrogens with one attached hydrogen (secondary N) is 1. The van der Waals surface area contributed by atoms with E-state index in [1.54, 1.807) is 12.4 Å². The fourth-order valence-corrected chi connectivity index (χ4v) is 2.04. The van der Waals surface area contributed by atoms with Crippen LogP contribution in [0, 0.1) is 18.6 Å². The molecule has 1 unspecified atom stereocenters. The lowest BCUT2D eigenvalue weighted by Crippen LogP contribution is -2.25. The average molecular weight is 277 g/mol. The van der Waals surface area contributed by atoms with Crippen molar-refractivity contribution in [3.63, 3.8) is 0 Å². The molecule has 2 aromatic rings. The normalized spacial score (nSPS) is 12.4. The third-order valence-electron chi connectivity index (χ3n) is 3.08. The van der Waals surface area contributed by atoms with E-state index in [-0.39, 0.29) is 18.0 Å². The van der Waals surface area contributed by atoms with Gasteiger partial charge in [-0.05, 0) is 32.0 Å². The number of halogens is 2. The Hall–Kier alpha value is -1.88. The van der Waals surface area contributed by atoms with Gasteiger partial charge in [0.15, 0.2) is 0 Å². The van der Waals surface area contributed by atoms with Crippen molar-refractivity contribution in [1.82, 2.24) is 15.3 Å². The summed E-state index contributed by atoms with van der Waals surface area (Å²) in [6.07, 6.45) is 3.49. The van der Waals surface area contributed by atoms with Gasteiger partial charge in [0.1, 0.15) is 11.6 Å². The van der Waals surface area contributed by atoms with Crippen LogP contribution in [0.15, 0.2) is 30.6 Å². The molecule has 0 saturated heterocycles. The highest BCUT2D eigenvalue weighted by molar-refractivity contribution is 5.22. The first-order valence-electron chi connectivity index (χ1n) is 6.56. The molecule has 1 aromatic carbocycles. The molecule has 0 radical (unpaired) electrons. The van der Waals surface area contributed by atoms with Crippen molar-refractivity contribution in [1.29, 1.82) is 0 Å². The molecule has 0 fully saturated rings. The second kappa shape index (κ2) is 6.52. The van der Waals surface area contributed by atoms with Gasteiger partial charge in [-0.25, -0.2) is 8.78 Å². The van der Waals surface area contributed by atoms with E-state index in [1.165, 1.54) is 18.2 Å². The Morgan fingerprint density at radius 2 is 1.85 bits per heavy atom. The number of aromatic nitrogens is 2. The number of hydrogen-bond acceptors (Lipinski definition) is 3. The summed E-state index contributed by atoms with van der Waals surface area (Å²) in [6.45, 7) is 4.46. The molecule has 0 bridgehead atoms. The Kier molecular flexibility index (Phi) is 4.74. The molecule has 0 aliphatic carbocycles. The van der Waals surface area contributed by atoms with Crippen LogP contribution in [0.1, 0.15) is 29.9 Å². The Morgan fingerprint density at radius 3 is 2.40 bits per heavy atom. The topological polar surface area (TPSA) is 37.8 Å². The number of hydrogen-bond donors (Lipinski definition) is 1. The highest BCUT2D eigenvalue weighted by Crippen LogP contribution is 2.20. The molecule has 106 valence electrons. The smallest absolute Gasteiger partial charge is 0.129 e. The molecule has 0 aliphatic heterocycles. The highest BCUT2D eigenvalue weighted by Gasteiger charge is 2.18. The van der Waals surface area contributed by atoms with Crippen LogP contribution in [-0.4, -0.2) is 16.5 Å². The predicted octanol–water partition coefficient (Wildman–Crippen LogP) is 2.96. The summed E-state index contributed by atoms with van der Waals surface area (Å²) in [5, 5.41) is 3.19. The van der Waals surface area contributed by atoms with Gasteiger partial charge in [0.05, 0.1) is 23.6 Å². The lowest BCUT2D eigenvalue weighted by molar-refractivity contribution is 0.491. The zero-order chi connectivity index (χ0) is 14.5. The van der Waals surface area contributed by atoms with Crippen LogP contribution < -0.4 is 5.32 Å². The quantitative estimate of drug-likeness (QED) is 0.913. The lowest BCUT2D eigenvalue weighted by Gasteiger charge is -2.18. The summed E-state index contributed by atoms with van der Waals surface area (Å²) in [5.41, 5.74) is 1.56. The molecule has 3 nitrogen and oxygen atoms in total. The van der Waals surface area contributed by atoms with Gasteiger partial charge in [0.2, 0.25) is 0 Å². The number of aryl methyl sites for hydroxylation is 1. The Balaban J connectivity index is 2.28. The summed E-state index contributed by atoms with van der Waals surface area (Å²) in [7, 11) is 0. The summed E-state index contributed by atoms with van der Waals surface area (Å²) in [6, 6.07) is 3.63. The maximum Gasteiger partial charge on any atom is 0.129 e. The number of nitrogens with zero attached hydrogens (tertiary/aromatic N) is 2. The van der Waals surface area contributed by atoms with Crippen molar-refractivity contribution in [2.45, 2.75) is 26.3 Å². The van der Waals surface area contributed by atoms with Crippen LogP contribution in [0.5, 0.6) is 0 Å². The molecule has 2 rings (SSSR count). The molecular formula is C15H17F2N3. The Bertz CT molecular complexity index is 550. The van der Waals surface area contributed by atoms with Crippen molar-refractivity contribution < 1.29 is 8.78 Å². The van der Waals surface area contributed by atoms with E-state index in [2.05, 4.69) is 15.3 Å². The molecule has 0 amide bonds. The van der Waals surface area contributed by atoms with E-state index in [0.29, 0.717) is 12.2 Å². The largest absolute Gasteiger partial charge is 0.309 e. The van der Waals surface area contributed by atoms with Gasteiger partial charge >= 0.3 is 0 Å². The maximum absolute atomic E-state index is 13.7. The van der Waals surface area contributed by atoms with E-state index >= 15 is 0 Å². The SMILES string of the molecule is CCNC(Cc1c(F)cccc1F)c1cnc(C)cn1. The first-order valence-corrected chi connectivity index (χ1v) is 6.56. The van der Waals surface area contributed by atoms with Crippen molar-refractivity contribution in [2.24, 2.45) is 0 Å². The van der Waals surface area contributed by atoms with Crippen LogP contribution in [0.4, 0.5) is 8.78 Å². The van der Waals surface area contributed by atoms with Gasteiger partial charge in [-0.15, -0.1) is 0 Å². The second-order valence-corrected chi connectivity index (χ2v) is 4.60. The summed E-state index contributed by atoms with van der Waals surface area (Å²) in [4.78, 5) is 8.46. The van der Waals surface area contributed by atoms with Gasteiger partial charge in [0.25, 0.3) is 0 Å². The summed E-state index contributed by atoms with van der Waals surface area (Å²) in [5.74, 6) is -1.07. The number of benzene rings is 1. The molecule has 1 heterocycles. The molecule has 0 saturated carbocycles. The predicted molar refractivity (Wildman–Crippen MR) is 73.2 cm³/mol. The zero-order valence-corrected chi connectivity index (χ0v) is 11.5. The van der Waals surface area contributed by atoms with Gasteiger partial charge in [-0.2, -0.15) is 0 Å². The minimum Gasteiger partial charge on any atom is -0.309 e. The van der Waals surface area contributed by atoms with E-state index in [0.717, 1.165) is 5.69 Å². The van der Waals surface area contributed by atoms with E-state index in [1.807, 2.05) is 13.8 Å². The van der Waals surface area contributed by atoms with E-state index < -0.39 is 11.6 Å². The zero-order valence-electron chi connectivity index (χ0n) is 11.5. The summed E-state index contributed by atoms with van der Waals surface area (Å²) < 4.78 is 27.5. The molecule has 1 aromatic heterocycles. The molecule has 1 atom stereocenters. The van der Waals surface area contributed by atoms with Crippen molar-refractivity contribution >= 4 is 0 Å². The Morgan fingerprint density at radius 1 is 1.15 bits per heavy atom. The van der Waals surface area contributed by atoms with Crippen LogP contribution in [0.25, 0.3) is 0 Å². The number of rotatable bonds is 5. The fraction of sp³-hybridized carbons (Fsp3) is 0.333. The van der Waals surface area contributed by atoms with E-state index in [9.17, 15) is 8.78 Å². The molecule has 0 spiro atoms. The average Bonchev–Trinajstić information content (AvgIpc) is 2.43. The van der Waals surface area contributed by atoms with Gasteiger partial charge in [0, 0.05) is 11.8 Å². The second-order valence-electron chi connectivity index (χ2n) is 4.60. The van der Waals surface area contributed by atoms with Crippen molar-refractivity contribution in [3.8, 4) is 0 Å². The van der Waals surface area contributed by atoms with Crippen LogP contribution in [-0.2, 0) is 6.42 Å². The molecular weight excluding hydrogens is 260 g/mol. The van der Waals surface area contributed by atoms with Gasteiger partial charge < -0.3 is 5.32 Å². The third kappa shape index (κ3) is 3.36. The first-order chi connectivity index (χ1) is 9.61. The van der Waals surface area contributed by atoms with Crippen LogP contribution in [0.2, 0.25) is 0 Å². The monoisotopic (exact) mass is 277 g/mol. The van der Waals surface area contributed by atoms with Gasteiger partial charge in [-0.3, -0.25) is 9.97 Å². The van der Waals surface area contributed by atoms with Crippen molar-refractivity contribution in [2.75, 3.05) is 6.54 Å². The third-order valence-corrected chi connectivity index (χ3v) is 3.08. The lowest BCUT2D eigenvalue weighted by atomic mass is 10.0. The van der Waals surface area contributed by atoms with Crippen molar-refractivity contribution in [3.05, 3.63) is 59.2 Å². The fourth-order valence-electron chi connectivity index (χ4n) is 2.04. The van der Waals surface area contributed by atoms with E-state index in [4.69, 9.17) is 0 Å². The van der Waals surface area contributed by atoms with Gasteiger partial charge in [-0.1, -0.05) is 13.0 Å². The molecule has 20 heavy (non-hydrogen) atoms. The molecule has 1 N–H and O–H groups in total. The van der Waals surface area contributed by atoms with Crippen LogP contribution >= 0.6 is 0 Å². The minimum atomic E-state index is -0.534.